The average molecular weight is 461 g/mol. The molecule has 2 N–H and O–H groups in total. The molecule has 1 saturated carbocycles. The van der Waals surface area contributed by atoms with Gasteiger partial charge in [0, 0.05) is 22.8 Å². The van der Waals surface area contributed by atoms with Gasteiger partial charge in [-0.05, 0) is 50.5 Å². The summed E-state index contributed by atoms with van der Waals surface area (Å²) in [7, 11) is -3.40. The van der Waals surface area contributed by atoms with Crippen molar-refractivity contribution in [2.24, 2.45) is 0 Å². The minimum Gasteiger partial charge on any atom is -0.325 e. The summed E-state index contributed by atoms with van der Waals surface area (Å²) in [4.78, 5) is 21.1. The molecule has 0 atom stereocenters. The van der Waals surface area contributed by atoms with Crippen LogP contribution >= 0.6 is 11.3 Å². The molecule has 2 aromatic heterocycles. The predicted octanol–water partition coefficient (Wildman–Crippen LogP) is 4.16. The summed E-state index contributed by atoms with van der Waals surface area (Å²) in [5.41, 5.74) is 1.49. The van der Waals surface area contributed by atoms with Crippen LogP contribution < -0.4 is 10.0 Å². The minimum atomic E-state index is -3.40. The Morgan fingerprint density at radius 2 is 1.87 bits per heavy atom. The van der Waals surface area contributed by atoms with Gasteiger partial charge < -0.3 is 5.32 Å². The van der Waals surface area contributed by atoms with E-state index in [1.54, 1.807) is 49.7 Å². The Hall–Kier alpha value is -2.85. The number of sulfonamides is 1. The molecule has 7 nitrogen and oxygen atoms in total. The summed E-state index contributed by atoms with van der Waals surface area (Å²) in [6.45, 7) is 3.45. The van der Waals surface area contributed by atoms with Crippen molar-refractivity contribution in [1.29, 1.82) is 0 Å². The third-order valence-corrected chi connectivity index (χ3v) is 7.80. The number of nitrogens with zero attached hydrogens (tertiary/aromatic N) is 2. The predicted molar refractivity (Wildman–Crippen MR) is 119 cm³/mol. The monoisotopic (exact) mass is 460 g/mol. The van der Waals surface area contributed by atoms with Crippen LogP contribution in [0.4, 0.5) is 15.2 Å². The van der Waals surface area contributed by atoms with Gasteiger partial charge in [0.05, 0.1) is 22.6 Å². The van der Waals surface area contributed by atoms with Gasteiger partial charge in [0.2, 0.25) is 15.9 Å². The number of hydrogen-bond acceptors (Lipinski definition) is 6. The van der Waals surface area contributed by atoms with Gasteiger partial charge in [0.25, 0.3) is 0 Å². The number of carbonyl (C=O) groups is 1. The fourth-order valence-electron chi connectivity index (χ4n) is 2.91. The number of halogens is 1. The molecule has 3 aromatic rings. The van der Waals surface area contributed by atoms with Crippen LogP contribution in [0.1, 0.15) is 32.4 Å². The van der Waals surface area contributed by atoms with Gasteiger partial charge in [0.15, 0.2) is 5.13 Å². The zero-order valence-electron chi connectivity index (χ0n) is 16.9. The maximum atomic E-state index is 13.4. The van der Waals surface area contributed by atoms with Crippen LogP contribution in [0, 0.1) is 5.82 Å². The van der Waals surface area contributed by atoms with E-state index in [-0.39, 0.29) is 16.3 Å². The van der Waals surface area contributed by atoms with Crippen molar-refractivity contribution in [3.8, 4) is 11.1 Å². The molecule has 0 radical (unpaired) electrons. The summed E-state index contributed by atoms with van der Waals surface area (Å²) in [6, 6.07) is 8.38. The molecule has 1 aliphatic rings. The van der Waals surface area contributed by atoms with Crippen LogP contribution in [0.25, 0.3) is 11.1 Å². The Kier molecular flexibility index (Phi) is 5.52. The van der Waals surface area contributed by atoms with Gasteiger partial charge in [-0.2, -0.15) is 0 Å². The number of benzene rings is 1. The van der Waals surface area contributed by atoms with E-state index in [0.29, 0.717) is 29.8 Å². The van der Waals surface area contributed by atoms with E-state index < -0.39 is 21.3 Å². The number of pyridine rings is 1. The standard InChI is InChI=1S/C21H21FN4O3S2/c1-21(2,18-12-30-20(25-18)26-31(28,29)17-7-8-17)19(27)24-16-5-3-13(4-6-16)14-9-15(22)11-23-10-14/h3-6,9-12,17H,7-8H2,1-2H3,(H,24,27)(H,25,26). The highest BCUT2D eigenvalue weighted by Crippen LogP contribution is 2.33. The van der Waals surface area contributed by atoms with Crippen molar-refractivity contribution >= 4 is 38.1 Å². The van der Waals surface area contributed by atoms with E-state index in [2.05, 4.69) is 20.0 Å². The topological polar surface area (TPSA) is 101 Å². The minimum absolute atomic E-state index is 0.260. The van der Waals surface area contributed by atoms with Crippen molar-refractivity contribution in [3.05, 3.63) is 59.6 Å². The third kappa shape index (κ3) is 4.75. The first-order valence-electron chi connectivity index (χ1n) is 9.65. The van der Waals surface area contributed by atoms with E-state index >= 15 is 0 Å². The number of thiazole rings is 1. The van der Waals surface area contributed by atoms with Crippen LogP contribution in [0.3, 0.4) is 0 Å². The van der Waals surface area contributed by atoms with E-state index in [1.807, 2.05) is 0 Å². The van der Waals surface area contributed by atoms with Crippen LogP contribution in [0.2, 0.25) is 0 Å². The molecular weight excluding hydrogens is 439 g/mol. The van der Waals surface area contributed by atoms with Crippen LogP contribution in [0.5, 0.6) is 0 Å². The first kappa shape index (κ1) is 21.4. The molecule has 1 amide bonds. The van der Waals surface area contributed by atoms with E-state index in [1.165, 1.54) is 6.07 Å². The Labute approximate surface area is 183 Å². The summed E-state index contributed by atoms with van der Waals surface area (Å²) in [6.07, 6.45) is 4.03. The van der Waals surface area contributed by atoms with Gasteiger partial charge in [-0.25, -0.2) is 17.8 Å². The maximum absolute atomic E-state index is 13.4. The second kappa shape index (κ2) is 8.01. The molecule has 162 valence electrons. The molecule has 2 heterocycles. The third-order valence-electron chi connectivity index (χ3n) is 5.09. The van der Waals surface area contributed by atoms with Gasteiger partial charge in [-0.15, -0.1) is 11.3 Å². The van der Waals surface area contributed by atoms with Crippen molar-refractivity contribution in [2.45, 2.75) is 37.4 Å². The number of anilines is 2. The summed E-state index contributed by atoms with van der Waals surface area (Å²) < 4.78 is 40.1. The van der Waals surface area contributed by atoms with Crippen LogP contribution in [-0.4, -0.2) is 29.5 Å². The van der Waals surface area contributed by atoms with Crippen molar-refractivity contribution in [2.75, 3.05) is 10.0 Å². The van der Waals surface area contributed by atoms with Gasteiger partial charge in [-0.3, -0.25) is 14.5 Å². The molecule has 31 heavy (non-hydrogen) atoms. The molecule has 1 aliphatic carbocycles. The summed E-state index contributed by atoms with van der Waals surface area (Å²) in [5, 5.41) is 4.45. The van der Waals surface area contributed by atoms with Gasteiger partial charge >= 0.3 is 0 Å². The Morgan fingerprint density at radius 1 is 1.16 bits per heavy atom. The first-order valence-corrected chi connectivity index (χ1v) is 12.1. The lowest BCUT2D eigenvalue weighted by molar-refractivity contribution is -0.120. The number of nitrogens with one attached hydrogen (secondary N) is 2. The molecule has 4 rings (SSSR count). The van der Waals surface area contributed by atoms with Gasteiger partial charge in [-0.1, -0.05) is 12.1 Å². The Balaban J connectivity index is 1.45. The lowest BCUT2D eigenvalue weighted by atomic mass is 9.89. The van der Waals surface area contributed by atoms with Crippen molar-refractivity contribution in [1.82, 2.24) is 9.97 Å². The van der Waals surface area contributed by atoms with E-state index in [4.69, 9.17) is 0 Å². The molecule has 0 saturated heterocycles. The number of rotatable bonds is 7. The fourth-order valence-corrected chi connectivity index (χ4v) is 5.39. The lowest BCUT2D eigenvalue weighted by Gasteiger charge is -2.21. The molecular formula is C21H21FN4O3S2. The normalized spacial score (nSPS) is 14.3. The Morgan fingerprint density at radius 3 is 2.52 bits per heavy atom. The zero-order chi connectivity index (χ0) is 22.2. The average Bonchev–Trinajstić information content (AvgIpc) is 3.49. The SMILES string of the molecule is CC(C)(C(=O)Nc1ccc(-c2cncc(F)c2)cc1)c1csc(NS(=O)(=O)C2CC2)n1. The number of amides is 1. The van der Waals surface area contributed by atoms with E-state index in [9.17, 15) is 17.6 Å². The van der Waals surface area contributed by atoms with Crippen molar-refractivity contribution < 1.29 is 17.6 Å². The van der Waals surface area contributed by atoms with Crippen LogP contribution in [0.15, 0.2) is 48.1 Å². The lowest BCUT2D eigenvalue weighted by Crippen LogP contribution is -2.35. The van der Waals surface area contributed by atoms with E-state index in [0.717, 1.165) is 23.1 Å². The molecule has 1 fully saturated rings. The highest BCUT2D eigenvalue weighted by molar-refractivity contribution is 7.93. The fraction of sp³-hybridized carbons (Fsp3) is 0.286. The highest BCUT2D eigenvalue weighted by Gasteiger charge is 2.37. The van der Waals surface area contributed by atoms with Gasteiger partial charge in [0.1, 0.15) is 5.82 Å². The van der Waals surface area contributed by atoms with Crippen LogP contribution in [-0.2, 0) is 20.2 Å². The molecule has 0 unspecified atom stereocenters. The molecule has 0 spiro atoms. The summed E-state index contributed by atoms with van der Waals surface area (Å²) >= 11 is 1.15. The second-order valence-electron chi connectivity index (χ2n) is 7.93. The molecule has 10 heteroatoms. The summed E-state index contributed by atoms with van der Waals surface area (Å²) in [5.74, 6) is -0.701. The van der Waals surface area contributed by atoms with Crippen molar-refractivity contribution in [3.63, 3.8) is 0 Å². The number of carbonyl (C=O) groups excluding carboxylic acids is 1. The smallest absolute Gasteiger partial charge is 0.237 e. The molecule has 1 aromatic carbocycles. The number of aromatic nitrogens is 2. The largest absolute Gasteiger partial charge is 0.325 e. The molecule has 0 bridgehead atoms. The Bertz CT molecular complexity index is 1220. The quantitative estimate of drug-likeness (QED) is 0.551. The molecule has 0 aliphatic heterocycles. The zero-order valence-corrected chi connectivity index (χ0v) is 18.6. The highest BCUT2D eigenvalue weighted by atomic mass is 32.2. The maximum Gasteiger partial charge on any atom is 0.237 e. The first-order chi connectivity index (χ1) is 14.6. The second-order valence-corrected chi connectivity index (χ2v) is 10.8. The number of hydrogen-bond donors (Lipinski definition) is 2.